The van der Waals surface area contributed by atoms with Gasteiger partial charge in [0.05, 0.1) is 5.69 Å². The van der Waals surface area contributed by atoms with Gasteiger partial charge in [0, 0.05) is 24.7 Å². The molecule has 130 valence electrons. The number of hydrogen-bond acceptors (Lipinski definition) is 5. The van der Waals surface area contributed by atoms with E-state index in [1.807, 2.05) is 24.3 Å². The lowest BCUT2D eigenvalue weighted by molar-refractivity contribution is 0.405. The zero-order valence-corrected chi connectivity index (χ0v) is 15.2. The maximum absolute atomic E-state index is 4.67. The molecule has 0 unspecified atom stereocenters. The summed E-state index contributed by atoms with van der Waals surface area (Å²) in [6, 6.07) is 12.2. The highest BCUT2D eigenvalue weighted by Gasteiger charge is 2.07. The first kappa shape index (κ1) is 18.2. The normalized spacial score (nSPS) is 11.1. The van der Waals surface area contributed by atoms with Crippen molar-refractivity contribution in [1.82, 2.24) is 14.9 Å². The van der Waals surface area contributed by atoms with Crippen molar-refractivity contribution in [3.8, 4) is 11.3 Å². The Labute approximate surface area is 145 Å². The number of hydrogen-bond donors (Lipinski definition) is 2. The summed E-state index contributed by atoms with van der Waals surface area (Å²) in [5.74, 6) is 2.12. The molecule has 0 saturated carbocycles. The Morgan fingerprint density at radius 3 is 2.46 bits per heavy atom. The highest BCUT2D eigenvalue weighted by Crippen LogP contribution is 2.21. The molecule has 5 heteroatoms. The summed E-state index contributed by atoms with van der Waals surface area (Å²) in [5.41, 5.74) is 2.04. The highest BCUT2D eigenvalue weighted by atomic mass is 15.1. The molecule has 0 aliphatic carbocycles. The van der Waals surface area contributed by atoms with Crippen molar-refractivity contribution >= 4 is 11.8 Å². The third-order valence-electron chi connectivity index (χ3n) is 3.55. The van der Waals surface area contributed by atoms with Gasteiger partial charge in [0.25, 0.3) is 0 Å². The smallest absolute Gasteiger partial charge is 0.225 e. The van der Waals surface area contributed by atoms with Crippen LogP contribution >= 0.6 is 0 Å². The van der Waals surface area contributed by atoms with Crippen LogP contribution in [-0.2, 0) is 0 Å². The molecule has 1 aromatic heterocycles. The summed E-state index contributed by atoms with van der Waals surface area (Å²) in [4.78, 5) is 11.5. The van der Waals surface area contributed by atoms with Crippen LogP contribution in [0.25, 0.3) is 11.3 Å². The number of aromatic nitrogens is 2. The molecule has 2 rings (SSSR count). The molecule has 0 radical (unpaired) electrons. The van der Waals surface area contributed by atoms with Gasteiger partial charge in [-0.1, -0.05) is 44.2 Å². The summed E-state index contributed by atoms with van der Waals surface area (Å²) < 4.78 is 0. The molecule has 0 bridgehead atoms. The third kappa shape index (κ3) is 6.16. The predicted octanol–water partition coefficient (Wildman–Crippen LogP) is 3.58. The minimum Gasteiger partial charge on any atom is -0.370 e. The molecular formula is C19H29N5. The monoisotopic (exact) mass is 327 g/mol. The molecule has 1 aromatic carbocycles. The fourth-order valence-corrected chi connectivity index (χ4v) is 2.28. The summed E-state index contributed by atoms with van der Waals surface area (Å²) in [7, 11) is 4.17. The lowest BCUT2D eigenvalue weighted by Gasteiger charge is -2.13. The van der Waals surface area contributed by atoms with E-state index in [9.17, 15) is 0 Å². The maximum atomic E-state index is 4.67. The Morgan fingerprint density at radius 1 is 1.04 bits per heavy atom. The SMILES string of the molecule is CC(C)CNc1cc(-c2ccccc2)nc(NCCCN(C)C)n1. The van der Waals surface area contributed by atoms with Crippen LogP contribution in [0.2, 0.25) is 0 Å². The lowest BCUT2D eigenvalue weighted by atomic mass is 10.1. The Hall–Kier alpha value is -2.14. The van der Waals surface area contributed by atoms with Gasteiger partial charge in [0.15, 0.2) is 0 Å². The maximum Gasteiger partial charge on any atom is 0.225 e. The largest absolute Gasteiger partial charge is 0.370 e. The number of rotatable bonds is 9. The first-order valence-electron chi connectivity index (χ1n) is 8.61. The van der Waals surface area contributed by atoms with Crippen molar-refractivity contribution in [3.05, 3.63) is 36.4 Å². The van der Waals surface area contributed by atoms with Crippen molar-refractivity contribution in [3.63, 3.8) is 0 Å². The van der Waals surface area contributed by atoms with E-state index in [2.05, 4.69) is 65.6 Å². The number of anilines is 2. The summed E-state index contributed by atoms with van der Waals surface area (Å²) in [5, 5.41) is 6.75. The van der Waals surface area contributed by atoms with E-state index in [1.54, 1.807) is 0 Å². The Balaban J connectivity index is 2.14. The van der Waals surface area contributed by atoms with Crippen LogP contribution < -0.4 is 10.6 Å². The van der Waals surface area contributed by atoms with E-state index in [1.165, 1.54) is 0 Å². The average Bonchev–Trinajstić information content (AvgIpc) is 2.57. The summed E-state index contributed by atoms with van der Waals surface area (Å²) >= 11 is 0. The van der Waals surface area contributed by atoms with Crippen LogP contribution in [0.5, 0.6) is 0 Å². The minimum absolute atomic E-state index is 0.566. The zero-order chi connectivity index (χ0) is 17.4. The summed E-state index contributed by atoms with van der Waals surface area (Å²) in [6.45, 7) is 7.18. The quantitative estimate of drug-likeness (QED) is 0.690. The molecule has 2 N–H and O–H groups in total. The van der Waals surface area contributed by atoms with Crippen LogP contribution in [0.1, 0.15) is 20.3 Å². The third-order valence-corrected chi connectivity index (χ3v) is 3.55. The van der Waals surface area contributed by atoms with E-state index >= 15 is 0 Å². The fourth-order valence-electron chi connectivity index (χ4n) is 2.28. The number of nitrogens with one attached hydrogen (secondary N) is 2. The molecule has 0 amide bonds. The van der Waals surface area contributed by atoms with Gasteiger partial charge in [-0.25, -0.2) is 4.98 Å². The van der Waals surface area contributed by atoms with Crippen LogP contribution in [0.3, 0.4) is 0 Å². The second-order valence-corrected chi connectivity index (χ2v) is 6.69. The van der Waals surface area contributed by atoms with Crippen molar-refractivity contribution < 1.29 is 0 Å². The Kier molecular flexibility index (Phi) is 7.00. The number of benzene rings is 1. The molecule has 0 aliphatic rings. The van der Waals surface area contributed by atoms with Crippen LogP contribution in [-0.4, -0.2) is 48.6 Å². The molecule has 0 spiro atoms. The standard InChI is InChI=1S/C19H29N5/c1-15(2)14-21-18-13-17(16-9-6-5-7-10-16)22-19(23-18)20-11-8-12-24(3)4/h5-7,9-10,13,15H,8,11-12,14H2,1-4H3,(H2,20,21,22,23). The molecule has 2 aromatic rings. The fraction of sp³-hybridized carbons (Fsp3) is 0.474. The second-order valence-electron chi connectivity index (χ2n) is 6.69. The van der Waals surface area contributed by atoms with Crippen LogP contribution in [0.15, 0.2) is 36.4 Å². The molecule has 24 heavy (non-hydrogen) atoms. The topological polar surface area (TPSA) is 53.1 Å². The van der Waals surface area contributed by atoms with Gasteiger partial charge in [-0.15, -0.1) is 0 Å². The van der Waals surface area contributed by atoms with Crippen molar-refractivity contribution in [1.29, 1.82) is 0 Å². The van der Waals surface area contributed by atoms with Gasteiger partial charge < -0.3 is 15.5 Å². The van der Waals surface area contributed by atoms with Gasteiger partial charge in [-0.2, -0.15) is 4.98 Å². The van der Waals surface area contributed by atoms with Gasteiger partial charge in [0.1, 0.15) is 5.82 Å². The van der Waals surface area contributed by atoms with Gasteiger partial charge in [-0.3, -0.25) is 0 Å². The first-order valence-corrected chi connectivity index (χ1v) is 8.61. The zero-order valence-electron chi connectivity index (χ0n) is 15.2. The average molecular weight is 327 g/mol. The molecular weight excluding hydrogens is 298 g/mol. The van der Waals surface area contributed by atoms with E-state index in [-0.39, 0.29) is 0 Å². The second kappa shape index (κ2) is 9.23. The van der Waals surface area contributed by atoms with Gasteiger partial charge in [-0.05, 0) is 33.0 Å². The summed E-state index contributed by atoms with van der Waals surface area (Å²) in [6.07, 6.45) is 1.06. The van der Waals surface area contributed by atoms with Crippen molar-refractivity contribution in [2.24, 2.45) is 5.92 Å². The molecule has 1 heterocycles. The molecule has 0 saturated heterocycles. The van der Waals surface area contributed by atoms with E-state index in [0.29, 0.717) is 11.9 Å². The highest BCUT2D eigenvalue weighted by molar-refractivity contribution is 5.64. The number of nitrogens with zero attached hydrogens (tertiary/aromatic N) is 3. The van der Waals surface area contributed by atoms with E-state index in [0.717, 1.165) is 43.1 Å². The van der Waals surface area contributed by atoms with E-state index < -0.39 is 0 Å². The molecule has 5 nitrogen and oxygen atoms in total. The molecule has 0 aliphatic heterocycles. The Bertz CT molecular complexity index is 610. The van der Waals surface area contributed by atoms with Crippen LogP contribution in [0, 0.1) is 5.92 Å². The first-order chi connectivity index (χ1) is 11.5. The van der Waals surface area contributed by atoms with Crippen LogP contribution in [0.4, 0.5) is 11.8 Å². The Morgan fingerprint density at radius 2 is 1.79 bits per heavy atom. The molecule has 0 atom stereocenters. The van der Waals surface area contributed by atoms with Crippen molar-refractivity contribution in [2.45, 2.75) is 20.3 Å². The van der Waals surface area contributed by atoms with Crippen molar-refractivity contribution in [2.75, 3.05) is 44.4 Å². The van der Waals surface area contributed by atoms with Gasteiger partial charge >= 0.3 is 0 Å². The van der Waals surface area contributed by atoms with Gasteiger partial charge in [0.2, 0.25) is 5.95 Å². The predicted molar refractivity (Wildman–Crippen MR) is 102 cm³/mol. The molecule has 0 fully saturated rings. The minimum atomic E-state index is 0.566. The van der Waals surface area contributed by atoms with E-state index in [4.69, 9.17) is 0 Å². The lowest BCUT2D eigenvalue weighted by Crippen LogP contribution is -2.17.